The van der Waals surface area contributed by atoms with Gasteiger partial charge in [-0.1, -0.05) is 0 Å². The Hall–Kier alpha value is -0.290. The standard InChI is InChI=1S/C15H30F3N5.HI/c1-3-19-14(21-8-6-15(16,17)18)20-7-4-10-23-11-5-9-22(2)12-13-23;/h3-13H2,1-2H3,(H2,19,20,21);1H. The largest absolute Gasteiger partial charge is 0.390 e. The Bertz CT molecular complexity index is 352. The summed E-state index contributed by atoms with van der Waals surface area (Å²) in [7, 11) is 2.14. The predicted molar refractivity (Wildman–Crippen MR) is 103 cm³/mol. The van der Waals surface area contributed by atoms with E-state index in [4.69, 9.17) is 0 Å². The van der Waals surface area contributed by atoms with E-state index in [1.807, 2.05) is 6.92 Å². The third kappa shape index (κ3) is 12.1. The van der Waals surface area contributed by atoms with Gasteiger partial charge in [-0.05, 0) is 46.4 Å². The molecule has 0 radical (unpaired) electrons. The SMILES string of the molecule is CCNC(=NCCCN1CCCN(C)CC1)NCCC(F)(F)F.I. The number of rotatable bonds is 7. The zero-order valence-corrected chi connectivity index (χ0v) is 17.0. The number of likely N-dealkylation sites (N-methyl/N-ethyl adjacent to an activating group) is 1. The molecule has 1 fully saturated rings. The van der Waals surface area contributed by atoms with Crippen molar-refractivity contribution in [2.75, 3.05) is 59.4 Å². The Kier molecular flexibility index (Phi) is 12.8. The minimum atomic E-state index is -4.13. The Morgan fingerprint density at radius 3 is 2.54 bits per heavy atom. The van der Waals surface area contributed by atoms with Gasteiger partial charge in [-0.2, -0.15) is 13.2 Å². The van der Waals surface area contributed by atoms with Crippen LogP contribution >= 0.6 is 24.0 Å². The first kappa shape index (κ1) is 23.7. The summed E-state index contributed by atoms with van der Waals surface area (Å²) >= 11 is 0. The van der Waals surface area contributed by atoms with Gasteiger partial charge >= 0.3 is 6.18 Å². The molecule has 144 valence electrons. The molecule has 0 bridgehead atoms. The minimum absolute atomic E-state index is 0. The smallest absolute Gasteiger partial charge is 0.357 e. The monoisotopic (exact) mass is 465 g/mol. The van der Waals surface area contributed by atoms with E-state index in [0.29, 0.717) is 19.0 Å². The third-order valence-corrected chi connectivity index (χ3v) is 3.76. The second kappa shape index (κ2) is 13.0. The molecule has 0 aromatic rings. The van der Waals surface area contributed by atoms with Gasteiger partial charge in [-0.15, -0.1) is 24.0 Å². The third-order valence-electron chi connectivity index (χ3n) is 3.76. The molecule has 0 spiro atoms. The van der Waals surface area contributed by atoms with E-state index in [9.17, 15) is 13.2 Å². The van der Waals surface area contributed by atoms with E-state index in [1.165, 1.54) is 6.42 Å². The Morgan fingerprint density at radius 1 is 1.12 bits per heavy atom. The van der Waals surface area contributed by atoms with Crippen LogP contribution in [0, 0.1) is 0 Å². The molecule has 0 aromatic heterocycles. The first-order valence-corrected chi connectivity index (χ1v) is 8.40. The van der Waals surface area contributed by atoms with Gasteiger partial charge in [0.1, 0.15) is 0 Å². The quantitative estimate of drug-likeness (QED) is 0.262. The predicted octanol–water partition coefficient (Wildman–Crippen LogP) is 2.14. The summed E-state index contributed by atoms with van der Waals surface area (Å²) < 4.78 is 36.5. The number of aliphatic imine (C=N–C) groups is 1. The lowest BCUT2D eigenvalue weighted by Gasteiger charge is -2.19. The molecule has 1 heterocycles. The van der Waals surface area contributed by atoms with Crippen LogP contribution in [-0.4, -0.2) is 81.3 Å². The van der Waals surface area contributed by atoms with Crippen LogP contribution in [0.4, 0.5) is 13.2 Å². The van der Waals surface area contributed by atoms with Gasteiger partial charge in [0.15, 0.2) is 5.96 Å². The van der Waals surface area contributed by atoms with Crippen LogP contribution in [0.25, 0.3) is 0 Å². The Morgan fingerprint density at radius 2 is 1.88 bits per heavy atom. The molecule has 9 heteroatoms. The normalized spacial score (nSPS) is 18.0. The van der Waals surface area contributed by atoms with Gasteiger partial charge in [0, 0.05) is 32.7 Å². The summed E-state index contributed by atoms with van der Waals surface area (Å²) in [5.74, 6) is 0.465. The van der Waals surface area contributed by atoms with Crippen molar-refractivity contribution in [3.05, 3.63) is 0 Å². The Balaban J connectivity index is 0.00000529. The van der Waals surface area contributed by atoms with Crippen LogP contribution < -0.4 is 10.6 Å². The number of guanidine groups is 1. The van der Waals surface area contributed by atoms with Crippen molar-refractivity contribution in [3.8, 4) is 0 Å². The lowest BCUT2D eigenvalue weighted by atomic mass is 10.3. The number of hydrogen-bond donors (Lipinski definition) is 2. The first-order chi connectivity index (χ1) is 10.9. The van der Waals surface area contributed by atoms with Crippen molar-refractivity contribution >= 4 is 29.9 Å². The molecule has 5 nitrogen and oxygen atoms in total. The van der Waals surface area contributed by atoms with Crippen molar-refractivity contribution in [3.63, 3.8) is 0 Å². The van der Waals surface area contributed by atoms with Crippen LogP contribution in [0.1, 0.15) is 26.2 Å². The molecular formula is C15H31F3IN5. The topological polar surface area (TPSA) is 42.9 Å². The maximum absolute atomic E-state index is 12.2. The molecular weight excluding hydrogens is 434 g/mol. The van der Waals surface area contributed by atoms with Crippen LogP contribution in [0.15, 0.2) is 4.99 Å². The molecule has 0 unspecified atom stereocenters. The highest BCUT2D eigenvalue weighted by atomic mass is 127. The summed E-state index contributed by atoms with van der Waals surface area (Å²) in [5.41, 5.74) is 0. The van der Waals surface area contributed by atoms with Crippen LogP contribution in [0.3, 0.4) is 0 Å². The summed E-state index contributed by atoms with van der Waals surface area (Å²) in [6.07, 6.45) is -2.88. The molecule has 0 amide bonds. The number of alkyl halides is 3. The van der Waals surface area contributed by atoms with Gasteiger partial charge in [-0.25, -0.2) is 0 Å². The van der Waals surface area contributed by atoms with E-state index < -0.39 is 12.6 Å². The molecule has 2 N–H and O–H groups in total. The molecule has 1 aliphatic rings. The molecule has 1 rings (SSSR count). The molecule has 1 aliphatic heterocycles. The molecule has 0 atom stereocenters. The number of halogens is 4. The fourth-order valence-corrected chi connectivity index (χ4v) is 2.47. The lowest BCUT2D eigenvalue weighted by Crippen LogP contribution is -2.39. The summed E-state index contributed by atoms with van der Waals surface area (Å²) in [4.78, 5) is 9.12. The highest BCUT2D eigenvalue weighted by Gasteiger charge is 2.26. The maximum Gasteiger partial charge on any atom is 0.390 e. The van der Waals surface area contributed by atoms with Gasteiger partial charge in [-0.3, -0.25) is 4.99 Å². The van der Waals surface area contributed by atoms with Crippen molar-refractivity contribution in [2.45, 2.75) is 32.4 Å². The van der Waals surface area contributed by atoms with Crippen LogP contribution in [0.2, 0.25) is 0 Å². The summed E-state index contributed by atoms with van der Waals surface area (Å²) in [6, 6.07) is 0. The highest BCUT2D eigenvalue weighted by Crippen LogP contribution is 2.18. The van der Waals surface area contributed by atoms with E-state index in [-0.39, 0.29) is 30.5 Å². The number of nitrogens with zero attached hydrogens (tertiary/aromatic N) is 3. The maximum atomic E-state index is 12.2. The number of hydrogen-bond acceptors (Lipinski definition) is 3. The molecule has 0 aliphatic carbocycles. The van der Waals surface area contributed by atoms with Gasteiger partial charge < -0.3 is 20.4 Å². The summed E-state index contributed by atoms with van der Waals surface area (Å²) in [6.45, 7) is 8.40. The number of nitrogens with one attached hydrogen (secondary N) is 2. The second-order valence-corrected chi connectivity index (χ2v) is 5.90. The zero-order valence-electron chi connectivity index (χ0n) is 14.7. The van der Waals surface area contributed by atoms with Crippen molar-refractivity contribution < 1.29 is 13.2 Å². The fourth-order valence-electron chi connectivity index (χ4n) is 2.47. The Labute approximate surface area is 160 Å². The average Bonchev–Trinajstić information content (AvgIpc) is 2.67. The molecule has 0 aromatic carbocycles. The van der Waals surface area contributed by atoms with Gasteiger partial charge in [0.2, 0.25) is 0 Å². The molecule has 24 heavy (non-hydrogen) atoms. The summed E-state index contributed by atoms with van der Waals surface area (Å²) in [5, 5.41) is 5.70. The van der Waals surface area contributed by atoms with E-state index in [1.54, 1.807) is 0 Å². The van der Waals surface area contributed by atoms with Crippen molar-refractivity contribution in [1.29, 1.82) is 0 Å². The zero-order chi connectivity index (χ0) is 17.1. The van der Waals surface area contributed by atoms with Crippen LogP contribution in [-0.2, 0) is 0 Å². The highest BCUT2D eigenvalue weighted by molar-refractivity contribution is 14.0. The van der Waals surface area contributed by atoms with Gasteiger partial charge in [0.05, 0.1) is 6.42 Å². The average molecular weight is 465 g/mol. The van der Waals surface area contributed by atoms with Crippen molar-refractivity contribution in [2.24, 2.45) is 4.99 Å². The molecule has 1 saturated heterocycles. The lowest BCUT2D eigenvalue weighted by molar-refractivity contribution is -0.132. The van der Waals surface area contributed by atoms with E-state index >= 15 is 0 Å². The van der Waals surface area contributed by atoms with Crippen molar-refractivity contribution in [1.82, 2.24) is 20.4 Å². The van der Waals surface area contributed by atoms with E-state index in [0.717, 1.165) is 39.1 Å². The minimum Gasteiger partial charge on any atom is -0.357 e. The van der Waals surface area contributed by atoms with Gasteiger partial charge in [0.25, 0.3) is 0 Å². The second-order valence-electron chi connectivity index (χ2n) is 5.90. The first-order valence-electron chi connectivity index (χ1n) is 8.40. The van der Waals surface area contributed by atoms with E-state index in [2.05, 4.69) is 32.5 Å². The van der Waals surface area contributed by atoms with Crippen LogP contribution in [0.5, 0.6) is 0 Å². The fraction of sp³-hybridized carbons (Fsp3) is 0.933. The molecule has 0 saturated carbocycles.